The Bertz CT molecular complexity index is 252. The standard InChI is InChI=1S/C11H20O3Si.2Li/c1-11(2,3)15(4,5)14-8-10-9(12)6-7-13-10;;/h6,9-10H,8H2,1-5H3;;/q-2;2*+1. The van der Waals surface area contributed by atoms with E-state index < -0.39 is 14.4 Å². The Balaban J connectivity index is 0. The second kappa shape index (κ2) is 7.46. The summed E-state index contributed by atoms with van der Waals surface area (Å²) in [6, 6.07) is 0. The molecule has 0 aromatic heterocycles. The van der Waals surface area contributed by atoms with E-state index in [-0.39, 0.29) is 48.9 Å². The Morgan fingerprint density at radius 1 is 1.35 bits per heavy atom. The molecule has 1 heterocycles. The molecule has 17 heavy (non-hydrogen) atoms. The van der Waals surface area contributed by atoms with Crippen LogP contribution in [0.5, 0.6) is 0 Å². The van der Waals surface area contributed by atoms with Crippen molar-refractivity contribution in [1.29, 1.82) is 0 Å². The molecule has 0 N–H and O–H groups in total. The number of hydrogen-bond acceptors (Lipinski definition) is 3. The molecule has 1 aliphatic heterocycles. The van der Waals surface area contributed by atoms with Crippen LogP contribution in [0.1, 0.15) is 20.8 Å². The first kappa shape index (κ1) is 20.2. The van der Waals surface area contributed by atoms with Gasteiger partial charge < -0.3 is 20.5 Å². The molecule has 0 aliphatic carbocycles. The zero-order valence-corrected chi connectivity index (χ0v) is 13.2. The molecule has 1 rings (SSSR count). The molecule has 2 unspecified atom stereocenters. The van der Waals surface area contributed by atoms with Gasteiger partial charge in [-0.05, 0) is 18.1 Å². The third-order valence-corrected chi connectivity index (χ3v) is 7.73. The molecule has 2 atom stereocenters. The third kappa shape index (κ3) is 5.57. The van der Waals surface area contributed by atoms with Gasteiger partial charge in [0.15, 0.2) is 8.32 Å². The van der Waals surface area contributed by atoms with E-state index in [0.29, 0.717) is 6.61 Å². The third-order valence-electron chi connectivity index (χ3n) is 3.23. The zero-order chi connectivity index (χ0) is 11.7. The van der Waals surface area contributed by atoms with Crippen LogP contribution < -0.4 is 42.8 Å². The molecule has 88 valence electrons. The van der Waals surface area contributed by atoms with Crippen LogP contribution >= 0.6 is 0 Å². The molecule has 0 spiro atoms. The summed E-state index contributed by atoms with van der Waals surface area (Å²) in [5.74, 6) is 0. The zero-order valence-electron chi connectivity index (χ0n) is 12.2. The van der Waals surface area contributed by atoms with Gasteiger partial charge in [0.2, 0.25) is 0 Å². The van der Waals surface area contributed by atoms with Crippen molar-refractivity contribution < 1.29 is 52.0 Å². The Hall–Kier alpha value is 0.872. The first-order valence-electron chi connectivity index (χ1n) is 5.28. The van der Waals surface area contributed by atoms with Crippen LogP contribution in [0, 0.1) is 6.26 Å². The minimum atomic E-state index is -1.76. The summed E-state index contributed by atoms with van der Waals surface area (Å²) in [7, 11) is -1.76. The summed E-state index contributed by atoms with van der Waals surface area (Å²) in [6.45, 7) is 11.2. The van der Waals surface area contributed by atoms with E-state index in [2.05, 4.69) is 40.1 Å². The van der Waals surface area contributed by atoms with Crippen molar-refractivity contribution in [2.45, 2.75) is 51.1 Å². The maximum atomic E-state index is 11.3. The predicted molar refractivity (Wildman–Crippen MR) is 59.6 cm³/mol. The largest absolute Gasteiger partial charge is 1.00 e. The fourth-order valence-electron chi connectivity index (χ4n) is 1.00. The molecule has 0 radical (unpaired) electrons. The van der Waals surface area contributed by atoms with Gasteiger partial charge in [0.05, 0.1) is 12.7 Å². The first-order chi connectivity index (χ1) is 6.74. The van der Waals surface area contributed by atoms with Crippen LogP contribution in [0.15, 0.2) is 6.08 Å². The number of hydrogen-bond donors (Lipinski definition) is 0. The van der Waals surface area contributed by atoms with Crippen molar-refractivity contribution >= 4 is 8.32 Å². The van der Waals surface area contributed by atoms with Crippen molar-refractivity contribution in [3.63, 3.8) is 0 Å². The Kier molecular flexibility index (Phi) is 8.86. The maximum Gasteiger partial charge on any atom is 1.00 e. The van der Waals surface area contributed by atoms with Gasteiger partial charge >= 0.3 is 37.7 Å². The quantitative estimate of drug-likeness (QED) is 0.370. The first-order valence-corrected chi connectivity index (χ1v) is 8.19. The Morgan fingerprint density at radius 3 is 2.24 bits per heavy atom. The van der Waals surface area contributed by atoms with Gasteiger partial charge in [0, 0.05) is 0 Å². The Labute approximate surface area is 130 Å². The predicted octanol–water partition coefficient (Wildman–Crippen LogP) is -4.54. The van der Waals surface area contributed by atoms with Crippen molar-refractivity contribution in [2.75, 3.05) is 6.61 Å². The molecule has 3 nitrogen and oxygen atoms in total. The molecular formula is C11H20Li2O3Si. The molecule has 1 aliphatic rings. The van der Waals surface area contributed by atoms with E-state index in [4.69, 9.17) is 9.16 Å². The molecule has 0 saturated heterocycles. The second-order valence-corrected chi connectivity index (χ2v) is 10.3. The van der Waals surface area contributed by atoms with E-state index in [9.17, 15) is 5.11 Å². The molecule has 0 amide bonds. The van der Waals surface area contributed by atoms with E-state index in [0.717, 1.165) is 0 Å². The monoisotopic (exact) mass is 242 g/mol. The van der Waals surface area contributed by atoms with E-state index in [1.54, 1.807) is 0 Å². The van der Waals surface area contributed by atoms with E-state index in [1.807, 2.05) is 0 Å². The van der Waals surface area contributed by atoms with Crippen molar-refractivity contribution in [1.82, 2.24) is 0 Å². The smallest absolute Gasteiger partial charge is 0.848 e. The van der Waals surface area contributed by atoms with Crippen LogP contribution in [0.4, 0.5) is 0 Å². The van der Waals surface area contributed by atoms with E-state index in [1.165, 1.54) is 6.08 Å². The van der Waals surface area contributed by atoms with Gasteiger partial charge in [-0.2, -0.15) is 0 Å². The molecule has 0 saturated carbocycles. The van der Waals surface area contributed by atoms with Crippen molar-refractivity contribution in [3.05, 3.63) is 12.3 Å². The van der Waals surface area contributed by atoms with Crippen LogP contribution in [0.25, 0.3) is 0 Å². The topological polar surface area (TPSA) is 41.5 Å². The van der Waals surface area contributed by atoms with Crippen LogP contribution in [0.3, 0.4) is 0 Å². The average molecular weight is 242 g/mol. The van der Waals surface area contributed by atoms with Crippen LogP contribution in [-0.2, 0) is 9.16 Å². The summed E-state index contributed by atoms with van der Waals surface area (Å²) in [4.78, 5) is 0. The van der Waals surface area contributed by atoms with Crippen LogP contribution in [0.2, 0.25) is 18.1 Å². The summed E-state index contributed by atoms with van der Waals surface area (Å²) in [5.41, 5.74) is 0. The van der Waals surface area contributed by atoms with Gasteiger partial charge in [0.1, 0.15) is 0 Å². The Morgan fingerprint density at radius 2 is 1.88 bits per heavy atom. The van der Waals surface area contributed by atoms with Crippen molar-refractivity contribution in [2.24, 2.45) is 0 Å². The van der Waals surface area contributed by atoms with E-state index >= 15 is 0 Å². The fourth-order valence-corrected chi connectivity index (χ4v) is 2.02. The summed E-state index contributed by atoms with van der Waals surface area (Å²) >= 11 is 0. The summed E-state index contributed by atoms with van der Waals surface area (Å²) in [5, 5.41) is 11.5. The van der Waals surface area contributed by atoms with Crippen LogP contribution in [-0.4, -0.2) is 27.1 Å². The molecule has 6 heteroatoms. The summed E-state index contributed by atoms with van der Waals surface area (Å²) in [6.07, 6.45) is 2.70. The number of rotatable bonds is 3. The SMILES string of the molecule is CC(C)(C)[Si](C)(C)OCC1O[C-]=CC1[O-].[Li+].[Li+]. The molecule has 0 aromatic rings. The second-order valence-electron chi connectivity index (χ2n) is 5.48. The van der Waals surface area contributed by atoms with Gasteiger partial charge in [-0.25, -0.2) is 6.08 Å². The van der Waals surface area contributed by atoms with Gasteiger partial charge in [-0.3, -0.25) is 0 Å². The maximum absolute atomic E-state index is 11.3. The minimum absolute atomic E-state index is 0. The van der Waals surface area contributed by atoms with Gasteiger partial charge in [-0.1, -0.05) is 20.8 Å². The minimum Gasteiger partial charge on any atom is -0.848 e. The normalized spacial score (nSPS) is 23.6. The van der Waals surface area contributed by atoms with Gasteiger partial charge in [0.25, 0.3) is 0 Å². The fraction of sp³-hybridized carbons (Fsp3) is 0.818. The number of ether oxygens (including phenoxy) is 1. The molecular weight excluding hydrogens is 222 g/mol. The molecule has 0 fully saturated rings. The van der Waals surface area contributed by atoms with Crippen molar-refractivity contribution in [3.8, 4) is 0 Å². The average Bonchev–Trinajstić information content (AvgIpc) is 2.46. The molecule has 0 bridgehead atoms. The molecule has 0 aromatic carbocycles. The summed E-state index contributed by atoms with van der Waals surface area (Å²) < 4.78 is 11.0. The van der Waals surface area contributed by atoms with Gasteiger partial charge in [-0.15, -0.1) is 6.10 Å².